The maximum atomic E-state index is 12.8. The summed E-state index contributed by atoms with van der Waals surface area (Å²) in [6.45, 7) is 0. The van der Waals surface area contributed by atoms with Gasteiger partial charge in [-0.15, -0.1) is 0 Å². The third-order valence-corrected chi connectivity index (χ3v) is 7.42. The molecule has 2 aromatic heterocycles. The SMILES string of the molecule is Nc1c(C(=O)c2ccccc2)oc2nc(C34CC5CC(CC(C5)C3)C4)ccc12. The first-order chi connectivity index (χ1) is 13.6. The summed E-state index contributed by atoms with van der Waals surface area (Å²) in [6, 6.07) is 13.3. The Morgan fingerprint density at radius 1 is 0.964 bits per heavy atom. The zero-order valence-corrected chi connectivity index (χ0v) is 15.9. The monoisotopic (exact) mass is 372 g/mol. The predicted molar refractivity (Wildman–Crippen MR) is 108 cm³/mol. The van der Waals surface area contributed by atoms with Crippen LogP contribution in [0.4, 0.5) is 5.69 Å². The summed E-state index contributed by atoms with van der Waals surface area (Å²) in [5.74, 6) is 2.60. The lowest BCUT2D eigenvalue weighted by Gasteiger charge is -2.56. The van der Waals surface area contributed by atoms with E-state index < -0.39 is 0 Å². The Hall–Kier alpha value is -2.62. The molecule has 4 saturated carbocycles. The molecule has 7 rings (SSSR count). The molecule has 4 aliphatic rings. The number of hydrogen-bond acceptors (Lipinski definition) is 4. The Kier molecular flexibility index (Phi) is 3.32. The lowest BCUT2D eigenvalue weighted by molar-refractivity contribution is -0.00713. The number of nitrogen functional groups attached to an aromatic ring is 1. The summed E-state index contributed by atoms with van der Waals surface area (Å²) in [6.07, 6.45) is 7.98. The first-order valence-corrected chi connectivity index (χ1v) is 10.4. The molecule has 0 amide bonds. The van der Waals surface area contributed by atoms with E-state index in [2.05, 4.69) is 6.07 Å². The Morgan fingerprint density at radius 3 is 2.25 bits per heavy atom. The molecule has 4 fully saturated rings. The number of ketones is 1. The molecule has 4 heteroatoms. The molecule has 4 aliphatic carbocycles. The van der Waals surface area contributed by atoms with Crippen molar-refractivity contribution in [2.75, 3.05) is 5.73 Å². The van der Waals surface area contributed by atoms with E-state index in [0.29, 0.717) is 17.0 Å². The number of pyridine rings is 1. The van der Waals surface area contributed by atoms with E-state index in [1.165, 1.54) is 38.5 Å². The van der Waals surface area contributed by atoms with Crippen LogP contribution in [0.2, 0.25) is 0 Å². The first-order valence-electron chi connectivity index (χ1n) is 10.4. The minimum absolute atomic E-state index is 0.188. The van der Waals surface area contributed by atoms with Crippen molar-refractivity contribution in [3.05, 3.63) is 59.5 Å². The molecule has 0 spiro atoms. The minimum Gasteiger partial charge on any atom is -0.432 e. The smallest absolute Gasteiger partial charge is 0.230 e. The highest BCUT2D eigenvalue weighted by Gasteiger charge is 2.52. The van der Waals surface area contributed by atoms with E-state index in [1.807, 2.05) is 24.3 Å². The van der Waals surface area contributed by atoms with Crippen LogP contribution in [0.3, 0.4) is 0 Å². The van der Waals surface area contributed by atoms with E-state index in [4.69, 9.17) is 15.1 Å². The van der Waals surface area contributed by atoms with Crippen molar-refractivity contribution < 1.29 is 9.21 Å². The van der Waals surface area contributed by atoms with Crippen molar-refractivity contribution in [3.8, 4) is 0 Å². The molecule has 2 N–H and O–H groups in total. The summed E-state index contributed by atoms with van der Waals surface area (Å²) in [4.78, 5) is 17.8. The molecular formula is C24H24N2O2. The van der Waals surface area contributed by atoms with Gasteiger partial charge in [0.1, 0.15) is 0 Å². The number of nitrogens with two attached hydrogens (primary N) is 1. The maximum Gasteiger partial charge on any atom is 0.230 e. The number of aromatic nitrogens is 1. The van der Waals surface area contributed by atoms with Crippen molar-refractivity contribution in [3.63, 3.8) is 0 Å². The van der Waals surface area contributed by atoms with Crippen LogP contribution >= 0.6 is 0 Å². The fraction of sp³-hybridized carbons (Fsp3) is 0.417. The number of rotatable bonds is 3. The van der Waals surface area contributed by atoms with Gasteiger partial charge < -0.3 is 10.2 Å². The van der Waals surface area contributed by atoms with Gasteiger partial charge in [0.15, 0.2) is 0 Å². The van der Waals surface area contributed by atoms with Crippen molar-refractivity contribution in [1.29, 1.82) is 0 Å². The zero-order valence-electron chi connectivity index (χ0n) is 15.9. The molecule has 4 bridgehead atoms. The van der Waals surface area contributed by atoms with Gasteiger partial charge >= 0.3 is 0 Å². The van der Waals surface area contributed by atoms with Gasteiger partial charge in [-0.25, -0.2) is 4.98 Å². The van der Waals surface area contributed by atoms with Crippen LogP contribution in [0.5, 0.6) is 0 Å². The number of hydrogen-bond donors (Lipinski definition) is 1. The topological polar surface area (TPSA) is 69.1 Å². The van der Waals surface area contributed by atoms with E-state index in [1.54, 1.807) is 12.1 Å². The van der Waals surface area contributed by atoms with Gasteiger partial charge in [-0.1, -0.05) is 30.3 Å². The van der Waals surface area contributed by atoms with Crippen molar-refractivity contribution in [1.82, 2.24) is 4.98 Å². The molecule has 4 nitrogen and oxygen atoms in total. The lowest BCUT2D eigenvalue weighted by Crippen LogP contribution is -2.48. The Bertz CT molecular complexity index is 1050. The third-order valence-electron chi connectivity index (χ3n) is 7.42. The largest absolute Gasteiger partial charge is 0.432 e. The lowest BCUT2D eigenvalue weighted by atomic mass is 9.49. The number of carbonyl (C=O) groups excluding carboxylic acids is 1. The van der Waals surface area contributed by atoms with Crippen LogP contribution in [0.1, 0.15) is 60.3 Å². The van der Waals surface area contributed by atoms with Crippen LogP contribution in [-0.2, 0) is 5.41 Å². The number of carbonyl (C=O) groups is 1. The molecule has 1 aromatic carbocycles. The standard InChI is InChI=1S/C24H24N2O2/c25-20-18-6-7-19(24-11-14-8-15(12-24)10-16(9-14)13-24)26-23(18)28-22(20)21(27)17-4-2-1-3-5-17/h1-7,14-16H,8-13,25H2. The van der Waals surface area contributed by atoms with Crippen LogP contribution in [-0.4, -0.2) is 10.8 Å². The molecule has 0 atom stereocenters. The number of nitrogens with zero attached hydrogens (tertiary/aromatic N) is 1. The second kappa shape index (κ2) is 5.69. The molecule has 0 unspecified atom stereocenters. The molecule has 0 aliphatic heterocycles. The van der Waals surface area contributed by atoms with Crippen LogP contribution in [0.15, 0.2) is 46.9 Å². The fourth-order valence-corrected chi connectivity index (χ4v) is 6.61. The average molecular weight is 372 g/mol. The molecule has 0 radical (unpaired) electrons. The van der Waals surface area contributed by atoms with Crippen molar-refractivity contribution in [2.24, 2.45) is 17.8 Å². The number of anilines is 1. The highest BCUT2D eigenvalue weighted by atomic mass is 16.4. The van der Waals surface area contributed by atoms with Gasteiger partial charge in [0.25, 0.3) is 0 Å². The number of benzene rings is 1. The van der Waals surface area contributed by atoms with Crippen LogP contribution < -0.4 is 5.73 Å². The highest BCUT2D eigenvalue weighted by molar-refractivity contribution is 6.14. The average Bonchev–Trinajstić information content (AvgIpc) is 3.03. The van der Waals surface area contributed by atoms with Crippen molar-refractivity contribution in [2.45, 2.75) is 43.9 Å². The summed E-state index contributed by atoms with van der Waals surface area (Å²) in [5.41, 5.74) is 9.11. The fourth-order valence-electron chi connectivity index (χ4n) is 6.61. The molecule has 28 heavy (non-hydrogen) atoms. The third kappa shape index (κ3) is 2.30. The summed E-state index contributed by atoms with van der Waals surface area (Å²) >= 11 is 0. The van der Waals surface area contributed by atoms with Gasteiger partial charge in [0.2, 0.25) is 17.3 Å². The molecular weight excluding hydrogens is 348 g/mol. The summed E-state index contributed by atoms with van der Waals surface area (Å²) in [5, 5.41) is 0.743. The number of furan rings is 1. The molecule has 142 valence electrons. The predicted octanol–water partition coefficient (Wildman–Crippen LogP) is 5.11. The second-order valence-electron chi connectivity index (χ2n) is 9.29. The summed E-state index contributed by atoms with van der Waals surface area (Å²) in [7, 11) is 0. The van der Waals surface area contributed by atoms with E-state index in [9.17, 15) is 4.79 Å². The van der Waals surface area contributed by atoms with Gasteiger partial charge in [-0.2, -0.15) is 0 Å². The second-order valence-corrected chi connectivity index (χ2v) is 9.29. The Balaban J connectivity index is 1.42. The number of fused-ring (bicyclic) bond motifs is 1. The highest BCUT2D eigenvalue weighted by Crippen LogP contribution is 2.60. The summed E-state index contributed by atoms with van der Waals surface area (Å²) < 4.78 is 5.93. The molecule has 0 saturated heterocycles. The van der Waals surface area contributed by atoms with Crippen molar-refractivity contribution >= 4 is 22.6 Å². The van der Waals surface area contributed by atoms with Crippen LogP contribution in [0, 0.1) is 17.8 Å². The minimum atomic E-state index is -0.188. The Labute approximate surface area is 164 Å². The normalized spacial score (nSPS) is 30.8. The maximum absolute atomic E-state index is 12.8. The van der Waals surface area contributed by atoms with Gasteiger partial charge in [0, 0.05) is 11.0 Å². The molecule has 3 aromatic rings. The zero-order chi connectivity index (χ0) is 18.9. The van der Waals surface area contributed by atoms with Gasteiger partial charge in [-0.3, -0.25) is 4.79 Å². The Morgan fingerprint density at radius 2 is 1.61 bits per heavy atom. The van der Waals surface area contributed by atoms with Gasteiger partial charge in [0.05, 0.1) is 16.8 Å². The quantitative estimate of drug-likeness (QED) is 0.649. The van der Waals surface area contributed by atoms with E-state index >= 15 is 0 Å². The van der Waals surface area contributed by atoms with E-state index in [-0.39, 0.29) is 17.0 Å². The van der Waals surface area contributed by atoms with Crippen LogP contribution in [0.25, 0.3) is 11.1 Å². The van der Waals surface area contributed by atoms with E-state index in [0.717, 1.165) is 28.8 Å². The first kappa shape index (κ1) is 16.3. The van der Waals surface area contributed by atoms with Gasteiger partial charge in [-0.05, 0) is 68.4 Å². The molecule has 2 heterocycles.